The lowest BCUT2D eigenvalue weighted by molar-refractivity contribution is -0.139. The van der Waals surface area contributed by atoms with Crippen LogP contribution < -0.4 is 5.73 Å². The summed E-state index contributed by atoms with van der Waals surface area (Å²) >= 11 is 2.97. The highest BCUT2D eigenvalue weighted by Gasteiger charge is 2.35. The Morgan fingerprint density at radius 3 is 2.47 bits per heavy atom. The third-order valence-corrected chi connectivity index (χ3v) is 2.61. The molecule has 1 atom stereocenters. The van der Waals surface area contributed by atoms with Gasteiger partial charge < -0.3 is 10.8 Å². The minimum atomic E-state index is -4.49. The van der Waals surface area contributed by atoms with Crippen LogP contribution in [0.3, 0.4) is 0 Å². The molecule has 0 fully saturated rings. The first-order chi connectivity index (χ1) is 6.88. The molecule has 1 unspecified atom stereocenters. The van der Waals surface area contributed by atoms with Gasteiger partial charge in [-0.1, -0.05) is 22.0 Å². The van der Waals surface area contributed by atoms with Crippen LogP contribution in [0, 0.1) is 0 Å². The summed E-state index contributed by atoms with van der Waals surface area (Å²) in [7, 11) is 0. The van der Waals surface area contributed by atoms with Gasteiger partial charge in [0, 0.05) is 16.6 Å². The molecule has 0 aliphatic rings. The predicted molar refractivity (Wildman–Crippen MR) is 53.2 cm³/mol. The summed E-state index contributed by atoms with van der Waals surface area (Å²) in [4.78, 5) is 0. The van der Waals surface area contributed by atoms with Gasteiger partial charge in [-0.05, 0) is 12.1 Å². The Bertz CT molecular complexity index is 354. The van der Waals surface area contributed by atoms with Crippen LogP contribution in [-0.2, 0) is 6.18 Å². The quantitative estimate of drug-likeness (QED) is 0.876. The lowest BCUT2D eigenvalue weighted by Gasteiger charge is -2.17. The molecule has 0 saturated heterocycles. The second-order valence-corrected chi connectivity index (χ2v) is 3.80. The molecule has 1 rings (SSSR count). The smallest absolute Gasteiger partial charge is 0.387 e. The van der Waals surface area contributed by atoms with Gasteiger partial charge in [0.1, 0.15) is 0 Å². The first-order valence-electron chi connectivity index (χ1n) is 4.11. The molecule has 0 spiro atoms. The van der Waals surface area contributed by atoms with E-state index in [-0.39, 0.29) is 16.6 Å². The van der Waals surface area contributed by atoms with Crippen molar-refractivity contribution in [3.63, 3.8) is 0 Å². The molecule has 3 N–H and O–H groups in total. The lowest BCUT2D eigenvalue weighted by atomic mass is 10.0. The number of benzene rings is 1. The van der Waals surface area contributed by atoms with Crippen LogP contribution in [0.4, 0.5) is 13.2 Å². The van der Waals surface area contributed by atoms with E-state index in [4.69, 9.17) is 5.73 Å². The number of aliphatic hydroxyl groups excluding tert-OH is 1. The molecule has 1 aromatic rings. The van der Waals surface area contributed by atoms with Crippen molar-refractivity contribution in [1.29, 1.82) is 0 Å². The maximum Gasteiger partial charge on any atom is 0.416 e. The maximum absolute atomic E-state index is 12.6. The number of alkyl halides is 3. The average molecular weight is 284 g/mol. The molecule has 0 aliphatic carbocycles. The highest BCUT2D eigenvalue weighted by molar-refractivity contribution is 9.10. The van der Waals surface area contributed by atoms with E-state index in [2.05, 4.69) is 15.9 Å². The minimum absolute atomic E-state index is 0.204. The minimum Gasteiger partial charge on any atom is -0.387 e. The first-order valence-corrected chi connectivity index (χ1v) is 4.91. The normalized spacial score (nSPS) is 14.0. The highest BCUT2D eigenvalue weighted by atomic mass is 79.9. The Morgan fingerprint density at radius 2 is 2.00 bits per heavy atom. The fourth-order valence-corrected chi connectivity index (χ4v) is 1.87. The Balaban J connectivity index is 3.33. The van der Waals surface area contributed by atoms with E-state index in [1.54, 1.807) is 0 Å². The molecule has 15 heavy (non-hydrogen) atoms. The largest absolute Gasteiger partial charge is 0.416 e. The van der Waals surface area contributed by atoms with E-state index < -0.39 is 17.8 Å². The van der Waals surface area contributed by atoms with Crippen molar-refractivity contribution in [3.8, 4) is 0 Å². The highest BCUT2D eigenvalue weighted by Crippen LogP contribution is 2.37. The summed E-state index contributed by atoms with van der Waals surface area (Å²) in [5, 5.41) is 9.40. The van der Waals surface area contributed by atoms with Crippen LogP contribution in [-0.4, -0.2) is 11.7 Å². The molecular formula is C9H9BrF3NO. The second-order valence-electron chi connectivity index (χ2n) is 2.95. The zero-order chi connectivity index (χ0) is 11.6. The van der Waals surface area contributed by atoms with E-state index >= 15 is 0 Å². The zero-order valence-electron chi connectivity index (χ0n) is 7.55. The molecular weight excluding hydrogens is 275 g/mol. The third-order valence-electron chi connectivity index (χ3n) is 1.91. The summed E-state index contributed by atoms with van der Waals surface area (Å²) < 4.78 is 37.9. The van der Waals surface area contributed by atoms with Gasteiger partial charge in [-0.3, -0.25) is 0 Å². The van der Waals surface area contributed by atoms with Crippen molar-refractivity contribution in [2.75, 3.05) is 6.54 Å². The molecule has 84 valence electrons. The molecule has 0 heterocycles. The summed E-state index contributed by atoms with van der Waals surface area (Å²) in [6.07, 6.45) is -5.81. The maximum atomic E-state index is 12.6. The van der Waals surface area contributed by atoms with Crippen LogP contribution in [0.2, 0.25) is 0 Å². The number of nitrogens with two attached hydrogens (primary N) is 1. The summed E-state index contributed by atoms with van der Waals surface area (Å²) in [6, 6.07) is 3.61. The van der Waals surface area contributed by atoms with Crippen LogP contribution in [0.15, 0.2) is 22.7 Å². The molecule has 2 nitrogen and oxygen atoms in total. The average Bonchev–Trinajstić information content (AvgIpc) is 2.15. The summed E-state index contributed by atoms with van der Waals surface area (Å²) in [5.74, 6) is 0. The van der Waals surface area contributed by atoms with E-state index in [0.29, 0.717) is 0 Å². The monoisotopic (exact) mass is 283 g/mol. The number of hydrogen-bond acceptors (Lipinski definition) is 2. The SMILES string of the molecule is NCC(O)c1c(Br)cccc1C(F)(F)F. The van der Waals surface area contributed by atoms with Gasteiger partial charge in [-0.25, -0.2) is 0 Å². The molecule has 0 saturated carbocycles. The fraction of sp³-hybridized carbons (Fsp3) is 0.333. The second kappa shape index (κ2) is 4.51. The summed E-state index contributed by atoms with van der Waals surface area (Å²) in [5.41, 5.74) is 4.07. The van der Waals surface area contributed by atoms with Gasteiger partial charge >= 0.3 is 6.18 Å². The Morgan fingerprint density at radius 1 is 1.40 bits per heavy atom. The van der Waals surface area contributed by atoms with Gasteiger partial charge in [0.15, 0.2) is 0 Å². The zero-order valence-corrected chi connectivity index (χ0v) is 9.14. The molecule has 1 aromatic carbocycles. The third kappa shape index (κ3) is 2.70. The van der Waals surface area contributed by atoms with Crippen LogP contribution in [0.1, 0.15) is 17.2 Å². The molecule has 0 radical (unpaired) electrons. The lowest BCUT2D eigenvalue weighted by Crippen LogP contribution is -2.18. The van der Waals surface area contributed by atoms with E-state index in [0.717, 1.165) is 6.07 Å². The molecule has 6 heteroatoms. The van der Waals surface area contributed by atoms with E-state index in [1.807, 2.05) is 0 Å². The van der Waals surface area contributed by atoms with Crippen molar-refractivity contribution < 1.29 is 18.3 Å². The Hall–Kier alpha value is -0.590. The van der Waals surface area contributed by atoms with Gasteiger partial charge in [-0.15, -0.1) is 0 Å². The van der Waals surface area contributed by atoms with Gasteiger partial charge in [0.05, 0.1) is 11.7 Å². The van der Waals surface area contributed by atoms with Crippen LogP contribution in [0.25, 0.3) is 0 Å². The molecule has 0 aliphatic heterocycles. The van der Waals surface area contributed by atoms with Crippen LogP contribution in [0.5, 0.6) is 0 Å². The van der Waals surface area contributed by atoms with Crippen molar-refractivity contribution in [2.45, 2.75) is 12.3 Å². The van der Waals surface area contributed by atoms with Gasteiger partial charge in [0.25, 0.3) is 0 Å². The molecule has 0 aromatic heterocycles. The van der Waals surface area contributed by atoms with Crippen molar-refractivity contribution in [1.82, 2.24) is 0 Å². The molecule has 0 amide bonds. The van der Waals surface area contributed by atoms with E-state index in [1.165, 1.54) is 12.1 Å². The Labute approximate surface area is 93.0 Å². The summed E-state index contributed by atoms with van der Waals surface area (Å²) in [6.45, 7) is -0.258. The van der Waals surface area contributed by atoms with E-state index in [9.17, 15) is 18.3 Å². The fourth-order valence-electron chi connectivity index (χ4n) is 1.24. The number of aliphatic hydroxyl groups is 1. The Kier molecular flexibility index (Phi) is 3.75. The van der Waals surface area contributed by atoms with Crippen molar-refractivity contribution in [3.05, 3.63) is 33.8 Å². The predicted octanol–water partition coefficient (Wildman–Crippen LogP) is 2.46. The van der Waals surface area contributed by atoms with Crippen LogP contribution >= 0.6 is 15.9 Å². The topological polar surface area (TPSA) is 46.2 Å². The number of hydrogen-bond donors (Lipinski definition) is 2. The van der Waals surface area contributed by atoms with Crippen molar-refractivity contribution >= 4 is 15.9 Å². The first kappa shape index (κ1) is 12.5. The number of rotatable bonds is 2. The standard InChI is InChI=1S/C9H9BrF3NO/c10-6-3-1-2-5(9(11,12)13)8(6)7(15)4-14/h1-3,7,15H,4,14H2. The van der Waals surface area contributed by atoms with Gasteiger partial charge in [0.2, 0.25) is 0 Å². The molecule has 0 bridgehead atoms. The van der Waals surface area contributed by atoms with Gasteiger partial charge in [-0.2, -0.15) is 13.2 Å². The number of halogens is 4. The van der Waals surface area contributed by atoms with Crippen molar-refractivity contribution in [2.24, 2.45) is 5.73 Å².